The normalized spacial score (nSPS) is 10.4. The SMILES string of the molecule is Nc1ccc(Sc2ccc(F)cc2F)cn1. The lowest BCUT2D eigenvalue weighted by molar-refractivity contribution is 0.565. The summed E-state index contributed by atoms with van der Waals surface area (Å²) in [4.78, 5) is 4.99. The summed E-state index contributed by atoms with van der Waals surface area (Å²) in [5.41, 5.74) is 5.43. The molecule has 2 N–H and O–H groups in total. The van der Waals surface area contributed by atoms with Gasteiger partial charge in [-0.05, 0) is 24.3 Å². The predicted molar refractivity (Wildman–Crippen MR) is 59.1 cm³/mol. The van der Waals surface area contributed by atoms with Gasteiger partial charge in [-0.3, -0.25) is 0 Å². The molecular formula is C11H8F2N2S. The highest BCUT2D eigenvalue weighted by Crippen LogP contribution is 2.29. The lowest BCUT2D eigenvalue weighted by atomic mass is 10.3. The summed E-state index contributed by atoms with van der Waals surface area (Å²) < 4.78 is 26.0. The third-order valence-corrected chi connectivity index (χ3v) is 2.91. The van der Waals surface area contributed by atoms with Crippen LogP contribution in [0.2, 0.25) is 0 Å². The molecular weight excluding hydrogens is 230 g/mol. The van der Waals surface area contributed by atoms with Crippen molar-refractivity contribution in [2.45, 2.75) is 9.79 Å². The molecule has 2 rings (SSSR count). The van der Waals surface area contributed by atoms with E-state index in [1.807, 2.05) is 0 Å². The van der Waals surface area contributed by atoms with Gasteiger partial charge in [0, 0.05) is 22.1 Å². The van der Waals surface area contributed by atoms with E-state index in [1.54, 1.807) is 18.3 Å². The van der Waals surface area contributed by atoms with Crippen molar-refractivity contribution in [1.29, 1.82) is 0 Å². The van der Waals surface area contributed by atoms with Crippen LogP contribution in [0.3, 0.4) is 0 Å². The van der Waals surface area contributed by atoms with Crippen LogP contribution in [0.15, 0.2) is 46.3 Å². The van der Waals surface area contributed by atoms with Crippen LogP contribution in [0.1, 0.15) is 0 Å². The molecule has 2 aromatic rings. The van der Waals surface area contributed by atoms with E-state index in [9.17, 15) is 8.78 Å². The Morgan fingerprint density at radius 3 is 2.56 bits per heavy atom. The van der Waals surface area contributed by atoms with Crippen molar-refractivity contribution in [3.63, 3.8) is 0 Å². The van der Waals surface area contributed by atoms with Gasteiger partial charge >= 0.3 is 0 Å². The van der Waals surface area contributed by atoms with Crippen LogP contribution in [0.4, 0.5) is 14.6 Å². The topological polar surface area (TPSA) is 38.9 Å². The van der Waals surface area contributed by atoms with Crippen LogP contribution in [0.25, 0.3) is 0 Å². The second-order valence-corrected chi connectivity index (χ2v) is 4.21. The standard InChI is InChI=1S/C11H8F2N2S/c12-7-1-3-10(9(13)5-7)16-8-2-4-11(14)15-6-8/h1-6H,(H2,14,15). The Morgan fingerprint density at radius 1 is 1.12 bits per heavy atom. The fourth-order valence-corrected chi connectivity index (χ4v) is 1.92. The van der Waals surface area contributed by atoms with E-state index in [1.165, 1.54) is 23.9 Å². The number of benzene rings is 1. The summed E-state index contributed by atoms with van der Waals surface area (Å²) in [5.74, 6) is -0.761. The molecule has 0 aliphatic carbocycles. The summed E-state index contributed by atoms with van der Waals surface area (Å²) in [6.07, 6.45) is 1.54. The van der Waals surface area contributed by atoms with Crippen molar-refractivity contribution in [2.75, 3.05) is 5.73 Å². The highest BCUT2D eigenvalue weighted by molar-refractivity contribution is 7.99. The molecule has 0 aliphatic heterocycles. The van der Waals surface area contributed by atoms with Gasteiger partial charge in [0.1, 0.15) is 17.5 Å². The predicted octanol–water partition coefficient (Wildman–Crippen LogP) is 3.09. The third-order valence-electron chi connectivity index (χ3n) is 1.88. The summed E-state index contributed by atoms with van der Waals surface area (Å²) in [6, 6.07) is 6.83. The minimum absolute atomic E-state index is 0.355. The molecule has 0 spiro atoms. The number of pyridine rings is 1. The Bertz CT molecular complexity index is 500. The lowest BCUT2D eigenvalue weighted by Crippen LogP contribution is -1.88. The van der Waals surface area contributed by atoms with Gasteiger partial charge in [-0.1, -0.05) is 11.8 Å². The van der Waals surface area contributed by atoms with E-state index in [0.29, 0.717) is 10.7 Å². The zero-order valence-electron chi connectivity index (χ0n) is 8.15. The first kappa shape index (κ1) is 10.9. The van der Waals surface area contributed by atoms with Crippen LogP contribution in [-0.2, 0) is 0 Å². The van der Waals surface area contributed by atoms with Crippen LogP contribution in [0, 0.1) is 11.6 Å². The fourth-order valence-electron chi connectivity index (χ4n) is 1.14. The van der Waals surface area contributed by atoms with Crippen molar-refractivity contribution in [3.8, 4) is 0 Å². The first-order chi connectivity index (χ1) is 7.65. The highest BCUT2D eigenvalue weighted by atomic mass is 32.2. The number of nitrogens with two attached hydrogens (primary N) is 1. The lowest BCUT2D eigenvalue weighted by Gasteiger charge is -2.02. The second kappa shape index (κ2) is 4.49. The molecule has 0 bridgehead atoms. The van der Waals surface area contributed by atoms with E-state index < -0.39 is 11.6 Å². The van der Waals surface area contributed by atoms with Crippen molar-refractivity contribution >= 4 is 17.6 Å². The summed E-state index contributed by atoms with van der Waals surface area (Å²) in [5, 5.41) is 0. The molecule has 1 aromatic heterocycles. The molecule has 2 nitrogen and oxygen atoms in total. The first-order valence-corrected chi connectivity index (χ1v) is 5.31. The van der Waals surface area contributed by atoms with Crippen LogP contribution < -0.4 is 5.73 Å². The largest absolute Gasteiger partial charge is 0.384 e. The van der Waals surface area contributed by atoms with Gasteiger partial charge in [0.25, 0.3) is 0 Å². The van der Waals surface area contributed by atoms with Crippen molar-refractivity contribution in [2.24, 2.45) is 0 Å². The fraction of sp³-hybridized carbons (Fsp3) is 0. The summed E-state index contributed by atoms with van der Waals surface area (Å²) >= 11 is 1.17. The number of nitrogen functional groups attached to an aromatic ring is 1. The molecule has 0 saturated heterocycles. The molecule has 5 heteroatoms. The Labute approximate surface area is 95.5 Å². The van der Waals surface area contributed by atoms with E-state index in [2.05, 4.69) is 4.98 Å². The van der Waals surface area contributed by atoms with Crippen LogP contribution >= 0.6 is 11.8 Å². The van der Waals surface area contributed by atoms with Crippen molar-refractivity contribution < 1.29 is 8.78 Å². The van der Waals surface area contributed by atoms with Crippen molar-refractivity contribution in [3.05, 3.63) is 48.2 Å². The molecule has 0 radical (unpaired) electrons. The van der Waals surface area contributed by atoms with E-state index >= 15 is 0 Å². The quantitative estimate of drug-likeness (QED) is 0.873. The Morgan fingerprint density at radius 2 is 1.94 bits per heavy atom. The minimum Gasteiger partial charge on any atom is -0.384 e. The number of rotatable bonds is 2. The zero-order chi connectivity index (χ0) is 11.5. The van der Waals surface area contributed by atoms with Gasteiger partial charge in [0.2, 0.25) is 0 Å². The van der Waals surface area contributed by atoms with E-state index in [0.717, 1.165) is 11.0 Å². The number of nitrogens with zero attached hydrogens (tertiary/aromatic N) is 1. The number of aromatic nitrogens is 1. The zero-order valence-corrected chi connectivity index (χ0v) is 8.97. The molecule has 0 aliphatic rings. The first-order valence-electron chi connectivity index (χ1n) is 4.49. The van der Waals surface area contributed by atoms with Gasteiger partial charge in [0.15, 0.2) is 0 Å². The van der Waals surface area contributed by atoms with Crippen LogP contribution in [0.5, 0.6) is 0 Å². The maximum atomic E-state index is 13.3. The molecule has 0 saturated carbocycles. The molecule has 0 fully saturated rings. The molecule has 82 valence electrons. The Balaban J connectivity index is 2.23. The van der Waals surface area contributed by atoms with Crippen LogP contribution in [-0.4, -0.2) is 4.98 Å². The Hall–Kier alpha value is -1.62. The average molecular weight is 238 g/mol. The molecule has 1 aromatic carbocycles. The maximum absolute atomic E-state index is 13.3. The molecule has 16 heavy (non-hydrogen) atoms. The average Bonchev–Trinajstić information content (AvgIpc) is 2.25. The monoisotopic (exact) mass is 238 g/mol. The third kappa shape index (κ3) is 2.49. The second-order valence-electron chi connectivity index (χ2n) is 3.10. The van der Waals surface area contributed by atoms with E-state index in [-0.39, 0.29) is 0 Å². The van der Waals surface area contributed by atoms with Gasteiger partial charge in [0.05, 0.1) is 0 Å². The molecule has 0 unspecified atom stereocenters. The molecule has 0 atom stereocenters. The number of anilines is 1. The summed E-state index contributed by atoms with van der Waals surface area (Å²) in [6.45, 7) is 0. The number of hydrogen-bond donors (Lipinski definition) is 1. The number of halogens is 2. The van der Waals surface area contributed by atoms with Gasteiger partial charge < -0.3 is 5.73 Å². The number of hydrogen-bond acceptors (Lipinski definition) is 3. The van der Waals surface area contributed by atoms with Crippen molar-refractivity contribution in [1.82, 2.24) is 4.98 Å². The summed E-state index contributed by atoms with van der Waals surface area (Å²) in [7, 11) is 0. The molecule has 1 heterocycles. The highest BCUT2D eigenvalue weighted by Gasteiger charge is 2.05. The van der Waals surface area contributed by atoms with Gasteiger partial charge in [-0.2, -0.15) is 0 Å². The maximum Gasteiger partial charge on any atom is 0.140 e. The smallest absolute Gasteiger partial charge is 0.140 e. The molecule has 0 amide bonds. The van der Waals surface area contributed by atoms with E-state index in [4.69, 9.17) is 5.73 Å². The minimum atomic E-state index is -0.586. The van der Waals surface area contributed by atoms with Gasteiger partial charge in [-0.15, -0.1) is 0 Å². The Kier molecular flexibility index (Phi) is 3.05. The van der Waals surface area contributed by atoms with Gasteiger partial charge in [-0.25, -0.2) is 13.8 Å².